The smallest absolute Gasteiger partial charge is 0.270 e. The first kappa shape index (κ1) is 13.6. The fraction of sp³-hybridized carbons (Fsp3) is 0.125. The van der Waals surface area contributed by atoms with E-state index in [1.54, 1.807) is 18.4 Å². The third-order valence-corrected chi connectivity index (χ3v) is 3.53. The number of benzene rings is 1. The molecule has 4 nitrogen and oxygen atoms in total. The Morgan fingerprint density at radius 1 is 1.29 bits per heavy atom. The van der Waals surface area contributed by atoms with Crippen molar-refractivity contribution in [1.82, 2.24) is 10.3 Å². The van der Waals surface area contributed by atoms with Crippen LogP contribution in [0.15, 0.2) is 53.1 Å². The lowest BCUT2D eigenvalue weighted by atomic mass is 10.1. The fourth-order valence-corrected chi connectivity index (χ4v) is 2.42. The van der Waals surface area contributed by atoms with Gasteiger partial charge in [0.05, 0.1) is 12.3 Å². The van der Waals surface area contributed by atoms with E-state index in [1.165, 1.54) is 0 Å². The Labute approximate surface area is 126 Å². The van der Waals surface area contributed by atoms with Crippen LogP contribution in [0.2, 0.25) is 5.15 Å². The number of nitrogens with zero attached hydrogens (tertiary/aromatic N) is 1. The van der Waals surface area contributed by atoms with Gasteiger partial charge in [-0.25, -0.2) is 4.98 Å². The topological polar surface area (TPSA) is 55.1 Å². The molecule has 0 saturated carbocycles. The second-order valence-corrected chi connectivity index (χ2v) is 5.09. The summed E-state index contributed by atoms with van der Waals surface area (Å²) in [7, 11) is 0. The number of carbonyl (C=O) groups excluding carboxylic acids is 1. The Bertz CT molecular complexity index is 784. The van der Waals surface area contributed by atoms with E-state index in [1.807, 2.05) is 37.3 Å². The highest BCUT2D eigenvalue weighted by Crippen LogP contribution is 2.22. The summed E-state index contributed by atoms with van der Waals surface area (Å²) >= 11 is 6.13. The Balaban J connectivity index is 1.88. The molecule has 0 bridgehead atoms. The summed E-state index contributed by atoms with van der Waals surface area (Å²) in [4.78, 5) is 16.4. The summed E-state index contributed by atoms with van der Waals surface area (Å²) in [6.45, 7) is 1.85. The van der Waals surface area contributed by atoms with Crippen LogP contribution in [-0.2, 0) is 0 Å². The van der Waals surface area contributed by atoms with Crippen LogP contribution >= 0.6 is 11.6 Å². The summed E-state index contributed by atoms with van der Waals surface area (Å²) in [5, 5.41) is 4.87. The lowest BCUT2D eigenvalue weighted by Crippen LogP contribution is -2.27. The molecule has 2 heterocycles. The van der Waals surface area contributed by atoms with E-state index in [4.69, 9.17) is 16.0 Å². The standard InChI is InChI=1S/C16H13ClN2O2/c1-10(14-7-4-8-21-14)18-16(20)13-9-11-5-2-3-6-12(11)15(17)19-13/h2-10H,1H3,(H,18,20)/t10-/m1/s1. The molecule has 0 aliphatic heterocycles. The molecule has 0 spiro atoms. The summed E-state index contributed by atoms with van der Waals surface area (Å²) in [6.07, 6.45) is 1.57. The van der Waals surface area contributed by atoms with E-state index in [0.717, 1.165) is 10.8 Å². The first-order valence-electron chi connectivity index (χ1n) is 6.54. The molecule has 0 fully saturated rings. The van der Waals surface area contributed by atoms with Crippen molar-refractivity contribution in [2.45, 2.75) is 13.0 Å². The molecule has 1 amide bonds. The number of carbonyl (C=O) groups is 1. The molecule has 0 aliphatic carbocycles. The predicted octanol–water partition coefficient (Wildman–Crippen LogP) is 3.97. The van der Waals surface area contributed by atoms with E-state index in [-0.39, 0.29) is 17.6 Å². The Kier molecular flexibility index (Phi) is 3.62. The van der Waals surface area contributed by atoms with E-state index < -0.39 is 0 Å². The Morgan fingerprint density at radius 2 is 2.10 bits per heavy atom. The Hall–Kier alpha value is -2.33. The van der Waals surface area contributed by atoms with Crippen molar-refractivity contribution in [3.05, 3.63) is 65.3 Å². The number of pyridine rings is 1. The number of hydrogen-bond acceptors (Lipinski definition) is 3. The molecule has 0 saturated heterocycles. The first-order valence-corrected chi connectivity index (χ1v) is 6.92. The average Bonchev–Trinajstić information content (AvgIpc) is 3.01. The second-order valence-electron chi connectivity index (χ2n) is 4.73. The number of hydrogen-bond donors (Lipinski definition) is 1. The van der Waals surface area contributed by atoms with Gasteiger partial charge in [-0.15, -0.1) is 0 Å². The first-order chi connectivity index (χ1) is 10.1. The largest absolute Gasteiger partial charge is 0.467 e. The van der Waals surface area contributed by atoms with E-state index in [9.17, 15) is 4.79 Å². The van der Waals surface area contributed by atoms with Gasteiger partial charge in [0.25, 0.3) is 5.91 Å². The van der Waals surface area contributed by atoms with Crippen molar-refractivity contribution < 1.29 is 9.21 Å². The highest BCUT2D eigenvalue weighted by atomic mass is 35.5. The number of amides is 1. The quantitative estimate of drug-likeness (QED) is 0.745. The number of fused-ring (bicyclic) bond motifs is 1. The molecule has 21 heavy (non-hydrogen) atoms. The molecular weight excluding hydrogens is 288 g/mol. The summed E-state index contributed by atoms with van der Waals surface area (Å²) < 4.78 is 5.26. The van der Waals surface area contributed by atoms with Gasteiger partial charge in [0, 0.05) is 5.39 Å². The van der Waals surface area contributed by atoms with Crippen molar-refractivity contribution in [2.24, 2.45) is 0 Å². The van der Waals surface area contributed by atoms with Gasteiger partial charge in [-0.1, -0.05) is 35.9 Å². The van der Waals surface area contributed by atoms with Gasteiger partial charge in [-0.3, -0.25) is 4.79 Å². The molecule has 0 aliphatic rings. The molecule has 106 valence electrons. The summed E-state index contributed by atoms with van der Waals surface area (Å²) in [5.41, 5.74) is 0.289. The van der Waals surface area contributed by atoms with Crippen molar-refractivity contribution in [1.29, 1.82) is 0 Å². The zero-order chi connectivity index (χ0) is 14.8. The molecule has 0 unspecified atom stereocenters. The van der Waals surface area contributed by atoms with Gasteiger partial charge in [0.15, 0.2) is 0 Å². The maximum absolute atomic E-state index is 12.3. The maximum atomic E-state index is 12.3. The van der Waals surface area contributed by atoms with E-state index in [2.05, 4.69) is 10.3 Å². The van der Waals surface area contributed by atoms with Crippen molar-refractivity contribution >= 4 is 28.3 Å². The van der Waals surface area contributed by atoms with Crippen LogP contribution in [0.25, 0.3) is 10.8 Å². The Morgan fingerprint density at radius 3 is 2.86 bits per heavy atom. The molecular formula is C16H13ClN2O2. The summed E-state index contributed by atoms with van der Waals surface area (Å²) in [5.74, 6) is 0.404. The molecule has 3 rings (SSSR count). The zero-order valence-electron chi connectivity index (χ0n) is 11.3. The van der Waals surface area contributed by atoms with Gasteiger partial charge in [-0.05, 0) is 30.5 Å². The SMILES string of the molecule is C[C@@H](NC(=O)c1cc2ccccc2c(Cl)n1)c1ccco1. The van der Waals surface area contributed by atoms with Crippen LogP contribution in [0.3, 0.4) is 0 Å². The van der Waals surface area contributed by atoms with E-state index in [0.29, 0.717) is 10.9 Å². The minimum absolute atomic E-state index is 0.237. The van der Waals surface area contributed by atoms with Crippen molar-refractivity contribution in [2.75, 3.05) is 0 Å². The van der Waals surface area contributed by atoms with E-state index >= 15 is 0 Å². The van der Waals surface area contributed by atoms with Gasteiger partial charge < -0.3 is 9.73 Å². The van der Waals surface area contributed by atoms with Gasteiger partial charge in [0.1, 0.15) is 16.6 Å². The lowest BCUT2D eigenvalue weighted by molar-refractivity contribution is 0.0930. The van der Waals surface area contributed by atoms with Gasteiger partial charge in [-0.2, -0.15) is 0 Å². The van der Waals surface area contributed by atoms with Crippen molar-refractivity contribution in [3.63, 3.8) is 0 Å². The van der Waals surface area contributed by atoms with Crippen LogP contribution in [0.4, 0.5) is 0 Å². The average molecular weight is 301 g/mol. The normalized spacial score (nSPS) is 12.3. The van der Waals surface area contributed by atoms with Crippen LogP contribution in [0.1, 0.15) is 29.2 Å². The lowest BCUT2D eigenvalue weighted by Gasteiger charge is -2.11. The number of aromatic nitrogens is 1. The number of nitrogens with one attached hydrogen (secondary N) is 1. The number of halogens is 1. The number of rotatable bonds is 3. The van der Waals surface area contributed by atoms with Crippen LogP contribution in [0, 0.1) is 0 Å². The molecule has 1 aromatic carbocycles. The van der Waals surface area contributed by atoms with Crippen molar-refractivity contribution in [3.8, 4) is 0 Å². The fourth-order valence-electron chi connectivity index (χ4n) is 2.15. The zero-order valence-corrected chi connectivity index (χ0v) is 12.1. The maximum Gasteiger partial charge on any atom is 0.270 e. The van der Waals surface area contributed by atoms with Gasteiger partial charge >= 0.3 is 0 Å². The van der Waals surface area contributed by atoms with Crippen LogP contribution in [-0.4, -0.2) is 10.9 Å². The summed E-state index contributed by atoms with van der Waals surface area (Å²) in [6, 6.07) is 12.6. The molecule has 0 radical (unpaired) electrons. The molecule has 2 aromatic heterocycles. The van der Waals surface area contributed by atoms with Gasteiger partial charge in [0.2, 0.25) is 0 Å². The third kappa shape index (κ3) is 2.76. The predicted molar refractivity (Wildman–Crippen MR) is 81.3 cm³/mol. The monoisotopic (exact) mass is 300 g/mol. The molecule has 5 heteroatoms. The molecule has 3 aromatic rings. The minimum Gasteiger partial charge on any atom is -0.467 e. The highest BCUT2D eigenvalue weighted by molar-refractivity contribution is 6.34. The minimum atomic E-state index is -0.286. The third-order valence-electron chi connectivity index (χ3n) is 3.24. The molecule has 1 atom stereocenters. The van der Waals surface area contributed by atoms with Crippen LogP contribution in [0.5, 0.6) is 0 Å². The second kappa shape index (κ2) is 5.58. The molecule has 1 N–H and O–H groups in total. The van der Waals surface area contributed by atoms with Crippen LogP contribution < -0.4 is 5.32 Å². The number of furan rings is 1. The highest BCUT2D eigenvalue weighted by Gasteiger charge is 2.16.